The fourth-order valence-corrected chi connectivity index (χ4v) is 4.33. The van der Waals surface area contributed by atoms with Gasteiger partial charge in [0.25, 0.3) is 11.6 Å². The molecule has 178 valence electrons. The number of benzene rings is 2. The number of aromatic nitrogens is 1. The molecule has 1 aromatic heterocycles. The van der Waals surface area contributed by atoms with E-state index in [-0.39, 0.29) is 35.5 Å². The summed E-state index contributed by atoms with van der Waals surface area (Å²) in [6.07, 6.45) is 1.37. The van der Waals surface area contributed by atoms with Crippen LogP contribution >= 0.6 is 11.3 Å². The summed E-state index contributed by atoms with van der Waals surface area (Å²) in [5.74, 6) is 0.0367. The van der Waals surface area contributed by atoms with Crippen LogP contribution < -0.4 is 9.47 Å². The summed E-state index contributed by atoms with van der Waals surface area (Å²) in [6, 6.07) is 12.5. The van der Waals surface area contributed by atoms with Gasteiger partial charge in [-0.25, -0.2) is 4.98 Å². The Bertz CT molecular complexity index is 1120. The average molecular weight is 484 g/mol. The Kier molecular flexibility index (Phi) is 7.71. The number of nitro groups is 1. The number of hydrogen-bond acceptors (Lipinski definition) is 8. The minimum absolute atomic E-state index is 0.0217. The maximum atomic E-state index is 13.2. The van der Waals surface area contributed by atoms with Gasteiger partial charge in [-0.15, -0.1) is 11.3 Å². The fraction of sp³-hybridized carbons (Fsp3) is 0.333. The number of carbonyl (C=O) groups excluding carboxylic acids is 1. The van der Waals surface area contributed by atoms with Gasteiger partial charge in [0.05, 0.1) is 42.0 Å². The molecule has 1 amide bonds. The van der Waals surface area contributed by atoms with E-state index in [0.717, 1.165) is 5.56 Å². The lowest BCUT2D eigenvalue weighted by atomic mass is 10.0. The number of hydrogen-bond donors (Lipinski definition) is 0. The number of amides is 1. The van der Waals surface area contributed by atoms with E-state index in [9.17, 15) is 14.9 Å². The molecule has 10 heteroatoms. The van der Waals surface area contributed by atoms with E-state index in [4.69, 9.17) is 14.2 Å². The van der Waals surface area contributed by atoms with E-state index in [1.165, 1.54) is 30.6 Å². The Morgan fingerprint density at radius 2 is 1.94 bits per heavy atom. The van der Waals surface area contributed by atoms with Gasteiger partial charge >= 0.3 is 0 Å². The summed E-state index contributed by atoms with van der Waals surface area (Å²) in [5, 5.41) is 13.6. The van der Waals surface area contributed by atoms with E-state index >= 15 is 0 Å². The number of likely N-dealkylation sites (tertiary alicyclic amines) is 1. The zero-order chi connectivity index (χ0) is 23.9. The van der Waals surface area contributed by atoms with Crippen molar-refractivity contribution in [1.82, 2.24) is 9.88 Å². The summed E-state index contributed by atoms with van der Waals surface area (Å²) in [7, 11) is 1.43. The minimum Gasteiger partial charge on any atom is -0.493 e. The van der Waals surface area contributed by atoms with E-state index < -0.39 is 10.8 Å². The first-order chi connectivity index (χ1) is 16.5. The maximum Gasteiger partial charge on any atom is 0.286 e. The first kappa shape index (κ1) is 23.7. The van der Waals surface area contributed by atoms with Crippen LogP contribution in [0.25, 0.3) is 0 Å². The largest absolute Gasteiger partial charge is 0.493 e. The van der Waals surface area contributed by atoms with E-state index in [0.29, 0.717) is 38.2 Å². The topological polar surface area (TPSA) is 104 Å². The minimum atomic E-state index is -0.571. The molecule has 0 unspecified atom stereocenters. The SMILES string of the molecule is COc1cc(C(=O)N2CCC(OCc3ccccc3)CC2)c([N+](=O)[O-])cc1OCc1cscn1. The number of rotatable bonds is 9. The third kappa shape index (κ3) is 5.70. The zero-order valence-corrected chi connectivity index (χ0v) is 19.5. The molecule has 4 rings (SSSR count). The lowest BCUT2D eigenvalue weighted by Gasteiger charge is -2.32. The molecule has 0 atom stereocenters. The maximum absolute atomic E-state index is 13.2. The smallest absolute Gasteiger partial charge is 0.286 e. The highest BCUT2D eigenvalue weighted by Crippen LogP contribution is 2.36. The van der Waals surface area contributed by atoms with Crippen molar-refractivity contribution in [1.29, 1.82) is 0 Å². The number of ether oxygens (including phenoxy) is 3. The molecule has 2 aromatic carbocycles. The Hall–Kier alpha value is -3.50. The van der Waals surface area contributed by atoms with Crippen molar-refractivity contribution < 1.29 is 23.9 Å². The molecule has 9 nitrogen and oxygen atoms in total. The summed E-state index contributed by atoms with van der Waals surface area (Å²) in [6.45, 7) is 1.57. The molecule has 0 aliphatic carbocycles. The van der Waals surface area contributed by atoms with Gasteiger partial charge in [-0.3, -0.25) is 14.9 Å². The number of methoxy groups -OCH3 is 1. The van der Waals surface area contributed by atoms with Crippen molar-refractivity contribution in [3.63, 3.8) is 0 Å². The second-order valence-corrected chi connectivity index (χ2v) is 8.55. The van der Waals surface area contributed by atoms with Gasteiger partial charge in [0.1, 0.15) is 12.2 Å². The van der Waals surface area contributed by atoms with Crippen LogP contribution in [0.3, 0.4) is 0 Å². The normalized spacial score (nSPS) is 14.1. The molecule has 1 saturated heterocycles. The van der Waals surface area contributed by atoms with Crippen molar-refractivity contribution in [3.05, 3.63) is 80.3 Å². The second-order valence-electron chi connectivity index (χ2n) is 7.83. The first-order valence-corrected chi connectivity index (χ1v) is 11.8. The van der Waals surface area contributed by atoms with Crippen LogP contribution in [0, 0.1) is 10.1 Å². The Morgan fingerprint density at radius 3 is 2.59 bits per heavy atom. The number of carbonyl (C=O) groups is 1. The molecule has 0 radical (unpaired) electrons. The predicted molar refractivity (Wildman–Crippen MR) is 126 cm³/mol. The molecule has 1 aliphatic rings. The van der Waals surface area contributed by atoms with E-state index in [1.54, 1.807) is 10.4 Å². The number of piperidine rings is 1. The van der Waals surface area contributed by atoms with Gasteiger partial charge in [0.2, 0.25) is 0 Å². The highest BCUT2D eigenvalue weighted by molar-refractivity contribution is 7.07. The van der Waals surface area contributed by atoms with Gasteiger partial charge in [0, 0.05) is 24.5 Å². The average Bonchev–Trinajstić information content (AvgIpc) is 3.40. The van der Waals surface area contributed by atoms with Crippen LogP contribution in [0.15, 0.2) is 53.4 Å². The van der Waals surface area contributed by atoms with Crippen LogP contribution in [0.5, 0.6) is 11.5 Å². The molecule has 1 fully saturated rings. The molecule has 0 saturated carbocycles. The standard InChI is InChI=1S/C24H25N3O6S/c1-31-22-11-20(21(27(29)30)12-23(22)33-14-18-15-34-16-25-18)24(28)26-9-7-19(8-10-26)32-13-17-5-3-2-4-6-17/h2-6,11-12,15-16,19H,7-10,13-14H2,1H3. The lowest BCUT2D eigenvalue weighted by Crippen LogP contribution is -2.41. The molecule has 0 N–H and O–H groups in total. The predicted octanol–water partition coefficient (Wildman–Crippen LogP) is 4.46. The highest BCUT2D eigenvalue weighted by atomic mass is 32.1. The van der Waals surface area contributed by atoms with Crippen LogP contribution in [0.4, 0.5) is 5.69 Å². The zero-order valence-electron chi connectivity index (χ0n) is 18.7. The Balaban J connectivity index is 1.43. The number of nitro benzene ring substituents is 1. The summed E-state index contributed by atoms with van der Waals surface area (Å²) in [4.78, 5) is 30.2. The summed E-state index contributed by atoms with van der Waals surface area (Å²) in [5.41, 5.74) is 3.14. The van der Waals surface area contributed by atoms with Crippen molar-refractivity contribution in [3.8, 4) is 11.5 Å². The summed E-state index contributed by atoms with van der Waals surface area (Å²) < 4.78 is 17.0. The monoisotopic (exact) mass is 483 g/mol. The van der Waals surface area contributed by atoms with Crippen molar-refractivity contribution in [2.24, 2.45) is 0 Å². The number of thiazole rings is 1. The quantitative estimate of drug-likeness (QED) is 0.327. The van der Waals surface area contributed by atoms with E-state index in [1.807, 2.05) is 35.7 Å². The van der Waals surface area contributed by atoms with E-state index in [2.05, 4.69) is 4.98 Å². The number of nitrogens with zero attached hydrogens (tertiary/aromatic N) is 3. The van der Waals surface area contributed by atoms with Crippen molar-refractivity contribution in [2.75, 3.05) is 20.2 Å². The Labute approximate surface area is 201 Å². The highest BCUT2D eigenvalue weighted by Gasteiger charge is 2.30. The van der Waals surface area contributed by atoms with Gasteiger partial charge in [-0.05, 0) is 18.4 Å². The molecule has 2 heterocycles. The van der Waals surface area contributed by atoms with Crippen molar-refractivity contribution in [2.45, 2.75) is 32.2 Å². The third-order valence-corrected chi connectivity index (χ3v) is 6.26. The van der Waals surface area contributed by atoms with Crippen LogP contribution in [-0.2, 0) is 18.0 Å². The molecule has 3 aromatic rings. The third-order valence-electron chi connectivity index (χ3n) is 5.63. The molecule has 0 bridgehead atoms. The van der Waals surface area contributed by atoms with Crippen molar-refractivity contribution >= 4 is 22.9 Å². The fourth-order valence-electron chi connectivity index (χ4n) is 3.79. The molecular weight excluding hydrogens is 458 g/mol. The second kappa shape index (κ2) is 11.1. The van der Waals surface area contributed by atoms with Crippen LogP contribution in [0.1, 0.15) is 34.5 Å². The molecule has 1 aliphatic heterocycles. The van der Waals surface area contributed by atoms with Gasteiger partial charge in [-0.2, -0.15) is 0 Å². The van der Waals surface area contributed by atoms with Gasteiger partial charge in [-0.1, -0.05) is 30.3 Å². The molecule has 34 heavy (non-hydrogen) atoms. The van der Waals surface area contributed by atoms with Crippen LogP contribution in [-0.4, -0.2) is 47.0 Å². The summed E-state index contributed by atoms with van der Waals surface area (Å²) >= 11 is 1.43. The van der Waals surface area contributed by atoms with Gasteiger partial charge in [0.15, 0.2) is 11.5 Å². The Morgan fingerprint density at radius 1 is 1.18 bits per heavy atom. The first-order valence-electron chi connectivity index (χ1n) is 10.9. The lowest BCUT2D eigenvalue weighted by molar-refractivity contribution is -0.385. The molecular formula is C24H25N3O6S. The van der Waals surface area contributed by atoms with Crippen LogP contribution in [0.2, 0.25) is 0 Å². The molecule has 0 spiro atoms. The van der Waals surface area contributed by atoms with Gasteiger partial charge < -0.3 is 19.1 Å².